The van der Waals surface area contributed by atoms with Crippen LogP contribution in [-0.2, 0) is 16.0 Å². The van der Waals surface area contributed by atoms with Gasteiger partial charge >= 0.3 is 11.3 Å². The minimum Gasteiger partial charge on any atom is -0.480 e. The molecule has 6 N–H and O–H groups in total. The molecule has 3 atom stereocenters. The molecule has 168 valence electrons. The molecule has 1 fully saturated rings. The van der Waals surface area contributed by atoms with Crippen LogP contribution in [0.25, 0.3) is 0 Å². The van der Waals surface area contributed by atoms with Crippen molar-refractivity contribution in [3.05, 3.63) is 34.9 Å². The van der Waals surface area contributed by atoms with Gasteiger partial charge in [-0.25, -0.2) is 4.79 Å². The number of aliphatic carboxylic acids is 1. The Bertz CT molecular complexity index is 740. The number of benzene rings is 1. The molecule has 0 bridgehead atoms. The smallest absolute Gasteiger partial charge is 0.355 e. The van der Waals surface area contributed by atoms with Crippen molar-refractivity contribution in [2.75, 3.05) is 24.7 Å². The molecule has 1 aromatic carbocycles. The summed E-state index contributed by atoms with van der Waals surface area (Å²) < 4.78 is 0. The third-order valence-electron chi connectivity index (χ3n) is 5.26. The molecular formula is C20H30ClN3O5S. The lowest BCUT2D eigenvalue weighted by molar-refractivity contribution is -0.140. The van der Waals surface area contributed by atoms with Crippen LogP contribution < -0.4 is 16.4 Å². The fraction of sp³-hybridized carbons (Fsp3) is 0.550. The van der Waals surface area contributed by atoms with E-state index in [0.29, 0.717) is 43.8 Å². The Morgan fingerprint density at radius 3 is 2.37 bits per heavy atom. The summed E-state index contributed by atoms with van der Waals surface area (Å²) in [7, 11) is -2.57. The van der Waals surface area contributed by atoms with Crippen molar-refractivity contribution in [3.8, 4) is 0 Å². The zero-order valence-electron chi connectivity index (χ0n) is 16.8. The third kappa shape index (κ3) is 6.42. The first kappa shape index (κ1) is 24.6. The number of carboxylic acids is 1. The average Bonchev–Trinajstić information content (AvgIpc) is 3.22. The fourth-order valence-corrected chi connectivity index (χ4v) is 6.29. The summed E-state index contributed by atoms with van der Waals surface area (Å²) in [5, 5.41) is 24.6. The highest BCUT2D eigenvalue weighted by molar-refractivity contribution is 8.55. The number of unbranched alkanes of at least 4 members (excludes halogenated alkanes) is 1. The van der Waals surface area contributed by atoms with E-state index in [1.807, 2.05) is 12.1 Å². The van der Waals surface area contributed by atoms with Crippen molar-refractivity contribution in [3.63, 3.8) is 0 Å². The summed E-state index contributed by atoms with van der Waals surface area (Å²) in [5.41, 5.74) is 6.49. The van der Waals surface area contributed by atoms with Gasteiger partial charge in [-0.3, -0.25) is 14.9 Å². The van der Waals surface area contributed by atoms with E-state index < -0.39 is 33.4 Å². The molecule has 0 aliphatic carbocycles. The Labute approximate surface area is 182 Å². The zero-order chi connectivity index (χ0) is 22.1. The van der Waals surface area contributed by atoms with E-state index in [9.17, 15) is 24.6 Å². The van der Waals surface area contributed by atoms with Gasteiger partial charge in [0, 0.05) is 23.2 Å². The minimum absolute atomic E-state index is 0.138. The Balaban J connectivity index is 2.14. The van der Waals surface area contributed by atoms with E-state index >= 15 is 0 Å². The molecule has 0 spiro atoms. The summed E-state index contributed by atoms with van der Waals surface area (Å²) >= 11 is 5.89. The fourth-order valence-electron chi connectivity index (χ4n) is 3.49. The molecule has 2 rings (SSSR count). The summed E-state index contributed by atoms with van der Waals surface area (Å²) in [6.45, 7) is 0.931. The predicted octanol–water partition coefficient (Wildman–Crippen LogP) is 2.38. The molecule has 1 saturated heterocycles. The van der Waals surface area contributed by atoms with Crippen molar-refractivity contribution in [2.24, 2.45) is 5.73 Å². The lowest BCUT2D eigenvalue weighted by Crippen LogP contribution is -2.49. The maximum Gasteiger partial charge on any atom is 0.355 e. The Kier molecular flexibility index (Phi) is 9.57. The van der Waals surface area contributed by atoms with Crippen molar-refractivity contribution >= 4 is 38.0 Å². The average molecular weight is 460 g/mol. The lowest BCUT2D eigenvalue weighted by atomic mass is 10.0. The number of hydrogen-bond acceptors (Lipinski definition) is 6. The van der Waals surface area contributed by atoms with Crippen LogP contribution in [0.4, 0.5) is 4.79 Å². The summed E-state index contributed by atoms with van der Waals surface area (Å²) in [6, 6.07) is 5.36. The highest BCUT2D eigenvalue weighted by Crippen LogP contribution is 2.51. The summed E-state index contributed by atoms with van der Waals surface area (Å²) in [5.74, 6) is -0.651. The van der Waals surface area contributed by atoms with E-state index in [2.05, 4.69) is 10.6 Å². The molecule has 2 unspecified atom stereocenters. The maximum atomic E-state index is 13.3. The highest BCUT2D eigenvalue weighted by Gasteiger charge is 2.46. The SMILES string of the molecule is NCCCC[C@H](NC(CCc1ccc(Cl)cc1)C(=O)O)C(=O)S1(C(=O)O)CCNC1. The Morgan fingerprint density at radius 1 is 1.13 bits per heavy atom. The van der Waals surface area contributed by atoms with Gasteiger partial charge in [0.2, 0.25) is 0 Å². The van der Waals surface area contributed by atoms with Gasteiger partial charge in [0.1, 0.15) is 6.04 Å². The van der Waals surface area contributed by atoms with Crippen LogP contribution in [0.15, 0.2) is 24.3 Å². The van der Waals surface area contributed by atoms with E-state index in [-0.39, 0.29) is 23.2 Å². The number of hydrogen-bond donors (Lipinski definition) is 5. The second kappa shape index (κ2) is 11.7. The second-order valence-corrected chi connectivity index (χ2v) is 11.0. The van der Waals surface area contributed by atoms with Gasteiger partial charge in [-0.15, -0.1) is 0 Å². The van der Waals surface area contributed by atoms with Crippen LogP contribution in [0, 0.1) is 0 Å². The monoisotopic (exact) mass is 459 g/mol. The standard InChI is InChI=1S/C20H30ClN3O5S/c21-15-7-4-14(5-8-15)6-9-16(18(25)26)24-17(3-1-2-10-22)19(27)30(20(28)29)12-11-23-13-30/h4-5,7-8,16-17,23-24H,1-3,6,9-13,22H2,(H,25,26)(H,28,29)/t16?,17-/m0/s1. The molecular weight excluding hydrogens is 430 g/mol. The molecule has 1 aliphatic heterocycles. The number of aryl methyl sites for hydroxylation is 1. The predicted molar refractivity (Wildman–Crippen MR) is 119 cm³/mol. The van der Waals surface area contributed by atoms with Crippen molar-refractivity contribution < 1.29 is 24.6 Å². The van der Waals surface area contributed by atoms with Crippen LogP contribution in [0.2, 0.25) is 5.02 Å². The van der Waals surface area contributed by atoms with Gasteiger partial charge < -0.3 is 21.3 Å². The highest BCUT2D eigenvalue weighted by atomic mass is 35.5. The minimum atomic E-state index is -2.57. The molecule has 1 aliphatic rings. The summed E-state index contributed by atoms with van der Waals surface area (Å²) in [6.07, 6.45) is 2.42. The normalized spacial score (nSPS) is 22.7. The van der Waals surface area contributed by atoms with Gasteiger partial charge in [-0.1, -0.05) is 40.2 Å². The van der Waals surface area contributed by atoms with E-state index in [4.69, 9.17) is 17.3 Å². The number of halogens is 1. The number of carboxylic acid groups (broad SMARTS) is 2. The molecule has 0 aromatic heterocycles. The number of nitrogens with one attached hydrogen (secondary N) is 2. The van der Waals surface area contributed by atoms with Gasteiger partial charge in [-0.05, 0) is 49.9 Å². The van der Waals surface area contributed by atoms with Crippen LogP contribution in [-0.4, -0.2) is 63.4 Å². The Morgan fingerprint density at radius 2 is 1.83 bits per heavy atom. The quantitative estimate of drug-likeness (QED) is 0.317. The van der Waals surface area contributed by atoms with Crippen molar-refractivity contribution in [1.82, 2.24) is 10.6 Å². The molecule has 0 amide bonds. The summed E-state index contributed by atoms with van der Waals surface area (Å²) in [4.78, 5) is 37.1. The van der Waals surface area contributed by atoms with Crippen LogP contribution in [0.3, 0.4) is 0 Å². The molecule has 0 radical (unpaired) electrons. The number of carbonyl (C=O) groups excluding carboxylic acids is 1. The van der Waals surface area contributed by atoms with Gasteiger partial charge in [0.05, 0.1) is 6.04 Å². The van der Waals surface area contributed by atoms with E-state index in [1.165, 1.54) is 0 Å². The van der Waals surface area contributed by atoms with Gasteiger partial charge in [-0.2, -0.15) is 0 Å². The molecule has 0 saturated carbocycles. The maximum absolute atomic E-state index is 13.3. The number of nitrogens with two attached hydrogens (primary N) is 1. The first-order valence-electron chi connectivity index (χ1n) is 10.00. The van der Waals surface area contributed by atoms with E-state index in [1.54, 1.807) is 12.1 Å². The first-order chi connectivity index (χ1) is 14.3. The first-order valence-corrected chi connectivity index (χ1v) is 12.3. The lowest BCUT2D eigenvalue weighted by Gasteiger charge is -2.33. The van der Waals surface area contributed by atoms with Crippen LogP contribution in [0.1, 0.15) is 31.2 Å². The van der Waals surface area contributed by atoms with E-state index in [0.717, 1.165) is 5.56 Å². The number of carbonyl (C=O) groups is 3. The molecule has 10 heteroatoms. The van der Waals surface area contributed by atoms with Crippen LogP contribution in [0.5, 0.6) is 0 Å². The van der Waals surface area contributed by atoms with Gasteiger partial charge in [0.25, 0.3) is 0 Å². The van der Waals surface area contributed by atoms with Crippen molar-refractivity contribution in [2.45, 2.75) is 44.2 Å². The molecule has 8 nitrogen and oxygen atoms in total. The second-order valence-electron chi connectivity index (χ2n) is 7.38. The zero-order valence-corrected chi connectivity index (χ0v) is 18.4. The van der Waals surface area contributed by atoms with Crippen molar-refractivity contribution in [1.29, 1.82) is 0 Å². The number of rotatable bonds is 11. The van der Waals surface area contributed by atoms with Gasteiger partial charge in [0.15, 0.2) is 5.12 Å². The molecule has 1 heterocycles. The molecule has 1 aromatic rings. The Hall–Kier alpha value is -1.65. The molecule has 30 heavy (non-hydrogen) atoms. The largest absolute Gasteiger partial charge is 0.480 e. The topological polar surface area (TPSA) is 142 Å². The van der Waals surface area contributed by atoms with Crippen LogP contribution >= 0.6 is 21.6 Å². The third-order valence-corrected chi connectivity index (χ3v) is 8.84.